The molecule has 2 aromatic carbocycles. The zero-order chi connectivity index (χ0) is 20.0. The van der Waals surface area contributed by atoms with Gasteiger partial charge in [0.2, 0.25) is 0 Å². The number of nitrogens with zero attached hydrogens (tertiary/aromatic N) is 1. The standard InChI is InChI=1S/C23H25NO3/c1-15(24-20-13-9-6-10-14-20)21(16(2)25)23(19-11-7-5-8-12-19)22(17(3)26)18(4)27/h5-14,21-23H,1-4H3. The molecule has 0 saturated carbocycles. The van der Waals surface area contributed by atoms with Gasteiger partial charge in [0.1, 0.15) is 17.3 Å². The summed E-state index contributed by atoms with van der Waals surface area (Å²) in [6.45, 7) is 6.08. The van der Waals surface area contributed by atoms with Gasteiger partial charge in [-0.3, -0.25) is 19.4 Å². The van der Waals surface area contributed by atoms with Gasteiger partial charge >= 0.3 is 0 Å². The molecular weight excluding hydrogens is 338 g/mol. The largest absolute Gasteiger partial charge is 0.299 e. The second-order valence-electron chi connectivity index (χ2n) is 6.81. The average Bonchev–Trinajstić information content (AvgIpc) is 2.61. The summed E-state index contributed by atoms with van der Waals surface area (Å²) in [5, 5.41) is 0. The number of Topliss-reactive ketones (excluding diaryl/α,β-unsaturated/α-hetero) is 3. The van der Waals surface area contributed by atoms with Gasteiger partial charge in [-0.25, -0.2) is 0 Å². The molecule has 0 aliphatic heterocycles. The van der Waals surface area contributed by atoms with Gasteiger partial charge in [-0.2, -0.15) is 0 Å². The summed E-state index contributed by atoms with van der Waals surface area (Å²) >= 11 is 0. The maximum absolute atomic E-state index is 12.6. The summed E-state index contributed by atoms with van der Waals surface area (Å²) in [7, 11) is 0. The van der Waals surface area contributed by atoms with E-state index in [1.54, 1.807) is 6.92 Å². The van der Waals surface area contributed by atoms with E-state index in [0.717, 1.165) is 11.3 Å². The Morgan fingerprint density at radius 3 is 1.56 bits per heavy atom. The van der Waals surface area contributed by atoms with Crippen molar-refractivity contribution in [2.24, 2.45) is 16.8 Å². The van der Waals surface area contributed by atoms with Crippen LogP contribution in [-0.2, 0) is 14.4 Å². The summed E-state index contributed by atoms with van der Waals surface area (Å²) in [6, 6.07) is 18.6. The summed E-state index contributed by atoms with van der Waals surface area (Å²) in [4.78, 5) is 41.9. The molecule has 2 rings (SSSR count). The molecule has 0 bridgehead atoms. The van der Waals surface area contributed by atoms with Crippen molar-refractivity contribution in [2.45, 2.75) is 33.6 Å². The monoisotopic (exact) mass is 363 g/mol. The highest BCUT2D eigenvalue weighted by Gasteiger charge is 2.40. The Morgan fingerprint density at radius 2 is 1.11 bits per heavy atom. The number of aliphatic imine (C=N–C) groups is 1. The number of ketones is 3. The van der Waals surface area contributed by atoms with E-state index in [0.29, 0.717) is 5.71 Å². The number of rotatable bonds is 8. The van der Waals surface area contributed by atoms with Gasteiger partial charge in [-0.1, -0.05) is 48.5 Å². The zero-order valence-electron chi connectivity index (χ0n) is 16.2. The third-order valence-corrected chi connectivity index (χ3v) is 4.73. The van der Waals surface area contributed by atoms with Gasteiger partial charge in [-0.15, -0.1) is 0 Å². The van der Waals surface area contributed by atoms with E-state index in [1.807, 2.05) is 60.7 Å². The molecule has 0 fully saturated rings. The number of hydrogen-bond acceptors (Lipinski definition) is 4. The molecule has 0 aliphatic carbocycles. The topological polar surface area (TPSA) is 63.6 Å². The van der Waals surface area contributed by atoms with Crippen LogP contribution in [0.4, 0.5) is 5.69 Å². The van der Waals surface area contributed by atoms with E-state index in [9.17, 15) is 14.4 Å². The molecule has 0 radical (unpaired) electrons. The van der Waals surface area contributed by atoms with Crippen molar-refractivity contribution in [1.29, 1.82) is 0 Å². The van der Waals surface area contributed by atoms with Gasteiger partial charge in [0, 0.05) is 11.6 Å². The Kier molecular flexibility index (Phi) is 6.94. The second-order valence-corrected chi connectivity index (χ2v) is 6.81. The Balaban J connectivity index is 2.62. The molecule has 27 heavy (non-hydrogen) atoms. The molecule has 0 aliphatic rings. The first-order valence-electron chi connectivity index (χ1n) is 8.99. The van der Waals surface area contributed by atoms with Crippen LogP contribution < -0.4 is 0 Å². The quantitative estimate of drug-likeness (QED) is 0.510. The first kappa shape index (κ1) is 20.4. The average molecular weight is 363 g/mol. The van der Waals surface area contributed by atoms with Crippen LogP contribution in [-0.4, -0.2) is 23.1 Å². The highest BCUT2D eigenvalue weighted by atomic mass is 16.2. The van der Waals surface area contributed by atoms with Crippen molar-refractivity contribution in [2.75, 3.05) is 0 Å². The summed E-state index contributed by atoms with van der Waals surface area (Å²) in [5.41, 5.74) is 2.11. The van der Waals surface area contributed by atoms with Crippen LogP contribution in [0.3, 0.4) is 0 Å². The SMILES string of the molecule is CC(=O)C(C(C)=O)C(c1ccccc1)C(C(C)=O)C(C)=Nc1ccccc1. The number of para-hydroxylation sites is 1. The highest BCUT2D eigenvalue weighted by molar-refractivity contribution is 6.08. The van der Waals surface area contributed by atoms with Crippen molar-refractivity contribution in [1.82, 2.24) is 0 Å². The van der Waals surface area contributed by atoms with Gasteiger partial charge in [0.05, 0.1) is 17.5 Å². The molecule has 0 saturated heterocycles. The summed E-state index contributed by atoms with van der Waals surface area (Å²) in [5.74, 6) is -2.72. The smallest absolute Gasteiger partial charge is 0.140 e. The minimum absolute atomic E-state index is 0.117. The van der Waals surface area contributed by atoms with E-state index in [4.69, 9.17) is 0 Å². The van der Waals surface area contributed by atoms with Crippen LogP contribution in [0.15, 0.2) is 65.7 Å². The van der Waals surface area contributed by atoms with Crippen molar-refractivity contribution < 1.29 is 14.4 Å². The predicted molar refractivity (Wildman–Crippen MR) is 107 cm³/mol. The highest BCUT2D eigenvalue weighted by Crippen LogP contribution is 2.36. The molecule has 4 heteroatoms. The summed E-state index contributed by atoms with van der Waals surface area (Å²) in [6.07, 6.45) is 0. The van der Waals surface area contributed by atoms with Crippen molar-refractivity contribution >= 4 is 28.7 Å². The maximum Gasteiger partial charge on any atom is 0.140 e. The minimum Gasteiger partial charge on any atom is -0.299 e. The first-order valence-corrected chi connectivity index (χ1v) is 8.99. The lowest BCUT2D eigenvalue weighted by Crippen LogP contribution is -2.37. The van der Waals surface area contributed by atoms with E-state index in [1.165, 1.54) is 20.8 Å². The third-order valence-electron chi connectivity index (χ3n) is 4.73. The maximum atomic E-state index is 12.6. The van der Waals surface area contributed by atoms with E-state index in [2.05, 4.69) is 4.99 Å². The van der Waals surface area contributed by atoms with Gasteiger partial charge in [0.25, 0.3) is 0 Å². The summed E-state index contributed by atoms with van der Waals surface area (Å²) < 4.78 is 0. The lowest BCUT2D eigenvalue weighted by atomic mass is 9.70. The third kappa shape index (κ3) is 5.07. The van der Waals surface area contributed by atoms with Gasteiger partial charge < -0.3 is 0 Å². The molecule has 0 N–H and O–H groups in total. The Bertz CT molecular complexity index is 826. The molecule has 2 aromatic rings. The Hall–Kier alpha value is -2.88. The van der Waals surface area contributed by atoms with Crippen molar-refractivity contribution in [3.63, 3.8) is 0 Å². The molecule has 140 valence electrons. The van der Waals surface area contributed by atoms with Crippen molar-refractivity contribution in [3.05, 3.63) is 66.2 Å². The second kappa shape index (κ2) is 9.17. The van der Waals surface area contributed by atoms with Crippen LogP contribution in [0.1, 0.15) is 39.2 Å². The molecular formula is C23H25NO3. The van der Waals surface area contributed by atoms with E-state index >= 15 is 0 Å². The Labute approximate surface area is 160 Å². The molecule has 2 unspecified atom stereocenters. The minimum atomic E-state index is -0.887. The van der Waals surface area contributed by atoms with Crippen LogP contribution in [0.25, 0.3) is 0 Å². The molecule has 2 atom stereocenters. The van der Waals surface area contributed by atoms with Crippen LogP contribution in [0.5, 0.6) is 0 Å². The molecule has 4 nitrogen and oxygen atoms in total. The van der Waals surface area contributed by atoms with Gasteiger partial charge in [0.15, 0.2) is 0 Å². The molecule has 0 heterocycles. The molecule has 0 aromatic heterocycles. The predicted octanol–water partition coefficient (Wildman–Crippen LogP) is 4.56. The zero-order valence-corrected chi connectivity index (χ0v) is 16.2. The van der Waals surface area contributed by atoms with E-state index in [-0.39, 0.29) is 17.3 Å². The fraction of sp³-hybridized carbons (Fsp3) is 0.304. The van der Waals surface area contributed by atoms with Crippen molar-refractivity contribution in [3.8, 4) is 0 Å². The number of carbonyl (C=O) groups excluding carboxylic acids is 3. The fourth-order valence-electron chi connectivity index (χ4n) is 3.63. The normalized spacial score (nSPS) is 13.9. The lowest BCUT2D eigenvalue weighted by Gasteiger charge is -2.30. The van der Waals surface area contributed by atoms with Gasteiger partial charge in [-0.05, 0) is 45.4 Å². The fourth-order valence-corrected chi connectivity index (χ4v) is 3.63. The molecule has 0 spiro atoms. The van der Waals surface area contributed by atoms with E-state index < -0.39 is 17.8 Å². The Morgan fingerprint density at radius 1 is 0.667 bits per heavy atom. The van der Waals surface area contributed by atoms with Crippen LogP contribution in [0.2, 0.25) is 0 Å². The number of benzene rings is 2. The lowest BCUT2D eigenvalue weighted by molar-refractivity contribution is -0.132. The van der Waals surface area contributed by atoms with Crippen LogP contribution >= 0.6 is 0 Å². The first-order chi connectivity index (χ1) is 12.8. The van der Waals surface area contributed by atoms with Crippen LogP contribution in [0, 0.1) is 11.8 Å². The molecule has 0 amide bonds. The number of hydrogen-bond donors (Lipinski definition) is 0. The number of carbonyl (C=O) groups is 3.